The van der Waals surface area contributed by atoms with Crippen LogP contribution >= 0.6 is 0 Å². The molecule has 0 bridgehead atoms. The average molecular weight is 709 g/mol. The van der Waals surface area contributed by atoms with Crippen molar-refractivity contribution in [2.45, 2.75) is 76.3 Å². The molecule has 2 amide bonds. The first-order chi connectivity index (χ1) is 22.6. The summed E-state index contributed by atoms with van der Waals surface area (Å²) in [6.07, 6.45) is 0.620. The van der Waals surface area contributed by atoms with Crippen LogP contribution in [0.3, 0.4) is 0 Å². The number of benzene rings is 2. The number of hydrogen-bond acceptors (Lipinski definition) is 8. The molecule has 2 aromatic rings. The van der Waals surface area contributed by atoms with Gasteiger partial charge in [0.1, 0.15) is 12.1 Å². The maximum Gasteiger partial charge on any atom is 0.241 e. The van der Waals surface area contributed by atoms with Gasteiger partial charge in [0.25, 0.3) is 0 Å². The first kappa shape index (κ1) is 39.6. The van der Waals surface area contributed by atoms with E-state index in [1.54, 1.807) is 34.1 Å². The molecule has 1 saturated heterocycles. The summed E-state index contributed by atoms with van der Waals surface area (Å²) >= 11 is 0. The standard InChI is InChI=1S/C34H52N4O8S2/c1-25(2)23-31(35-47(41,42)29-11-7-27(5)8-12-29)33(39)37-15-19-45-21-17-38(18-22-46-20-16-37)34(40)32(24-26(3)4)36-48(43,44)30-13-9-28(6)10-14-30/h7-14,25-26,31-32,35-36H,15-24H2,1-6H3/t31-,32-/m1/s1. The highest BCUT2D eigenvalue weighted by Gasteiger charge is 2.32. The zero-order chi connectivity index (χ0) is 35.5. The lowest BCUT2D eigenvalue weighted by Gasteiger charge is -2.31. The Balaban J connectivity index is 1.67. The van der Waals surface area contributed by atoms with Crippen molar-refractivity contribution in [3.8, 4) is 0 Å². The van der Waals surface area contributed by atoms with Gasteiger partial charge in [-0.15, -0.1) is 0 Å². The molecule has 0 aromatic heterocycles. The smallest absolute Gasteiger partial charge is 0.241 e. The first-order valence-corrected chi connectivity index (χ1v) is 19.5. The number of sulfonamides is 2. The lowest BCUT2D eigenvalue weighted by Crippen LogP contribution is -2.52. The number of nitrogens with one attached hydrogen (secondary N) is 2. The lowest BCUT2D eigenvalue weighted by atomic mass is 10.0. The summed E-state index contributed by atoms with van der Waals surface area (Å²) in [5.41, 5.74) is 1.85. The molecule has 1 fully saturated rings. The fraction of sp³-hybridized carbons (Fsp3) is 0.588. The number of aryl methyl sites for hydroxylation is 2. The second-order valence-electron chi connectivity index (χ2n) is 13.1. The van der Waals surface area contributed by atoms with Gasteiger partial charge >= 0.3 is 0 Å². The molecule has 268 valence electrons. The normalized spacial score (nSPS) is 17.1. The van der Waals surface area contributed by atoms with Crippen LogP contribution in [-0.4, -0.2) is 103 Å². The number of amides is 2. The molecule has 48 heavy (non-hydrogen) atoms. The molecule has 0 spiro atoms. The molecule has 1 aliphatic rings. The van der Waals surface area contributed by atoms with E-state index in [0.29, 0.717) is 12.8 Å². The van der Waals surface area contributed by atoms with Crippen LogP contribution < -0.4 is 9.44 Å². The summed E-state index contributed by atoms with van der Waals surface area (Å²) in [5, 5.41) is 0. The van der Waals surface area contributed by atoms with E-state index in [-0.39, 0.29) is 86.0 Å². The molecular formula is C34H52N4O8S2. The van der Waals surface area contributed by atoms with Gasteiger partial charge in [0.2, 0.25) is 31.9 Å². The van der Waals surface area contributed by atoms with E-state index in [1.165, 1.54) is 24.3 Å². The first-order valence-electron chi connectivity index (χ1n) is 16.5. The Morgan fingerprint density at radius 2 is 0.896 bits per heavy atom. The minimum absolute atomic E-state index is 0.0454. The SMILES string of the molecule is Cc1ccc(S(=O)(=O)N[C@H](CC(C)C)C(=O)N2CCOCCN(C(=O)[C@@H](CC(C)C)NS(=O)(=O)c3ccc(C)cc3)CCOCC2)cc1. The number of nitrogens with zero attached hydrogens (tertiary/aromatic N) is 2. The molecule has 0 unspecified atom stereocenters. The van der Waals surface area contributed by atoms with Gasteiger partial charge in [0.15, 0.2) is 0 Å². The minimum atomic E-state index is -3.94. The summed E-state index contributed by atoms with van der Waals surface area (Å²) in [4.78, 5) is 30.7. The molecule has 2 aromatic carbocycles. The lowest BCUT2D eigenvalue weighted by molar-refractivity contribution is -0.136. The second-order valence-corrected chi connectivity index (χ2v) is 16.5. The van der Waals surface area contributed by atoms with Crippen molar-refractivity contribution in [3.05, 3.63) is 59.7 Å². The predicted molar refractivity (Wildman–Crippen MR) is 184 cm³/mol. The number of carbonyl (C=O) groups is 2. The van der Waals surface area contributed by atoms with Gasteiger partial charge in [-0.05, 0) is 62.8 Å². The maximum atomic E-state index is 13.7. The molecular weight excluding hydrogens is 657 g/mol. The van der Waals surface area contributed by atoms with E-state index in [1.807, 2.05) is 41.5 Å². The molecule has 2 atom stereocenters. The Kier molecular flexibility index (Phi) is 15.0. The largest absolute Gasteiger partial charge is 0.378 e. The summed E-state index contributed by atoms with van der Waals surface area (Å²) < 4.78 is 69.7. The number of hydrogen-bond donors (Lipinski definition) is 2. The van der Waals surface area contributed by atoms with Crippen LogP contribution in [0, 0.1) is 25.7 Å². The van der Waals surface area contributed by atoms with Crippen LogP contribution in [0.4, 0.5) is 0 Å². The van der Waals surface area contributed by atoms with E-state index in [4.69, 9.17) is 9.47 Å². The van der Waals surface area contributed by atoms with Crippen LogP contribution in [0.1, 0.15) is 51.7 Å². The third kappa shape index (κ3) is 12.2. The van der Waals surface area contributed by atoms with Gasteiger partial charge in [0, 0.05) is 26.2 Å². The third-order valence-corrected chi connectivity index (χ3v) is 10.9. The Morgan fingerprint density at radius 3 is 1.17 bits per heavy atom. The van der Waals surface area contributed by atoms with Crippen molar-refractivity contribution in [1.82, 2.24) is 19.2 Å². The maximum absolute atomic E-state index is 13.7. The summed E-state index contributed by atoms with van der Waals surface area (Å²) in [6.45, 7) is 12.9. The number of ether oxygens (including phenoxy) is 2. The van der Waals surface area contributed by atoms with E-state index in [9.17, 15) is 26.4 Å². The summed E-state index contributed by atoms with van der Waals surface area (Å²) in [6, 6.07) is 11.0. The zero-order valence-corrected chi connectivity index (χ0v) is 30.6. The molecule has 14 heteroatoms. The van der Waals surface area contributed by atoms with Crippen molar-refractivity contribution in [2.24, 2.45) is 11.8 Å². The van der Waals surface area contributed by atoms with Gasteiger partial charge in [0.05, 0.1) is 36.2 Å². The van der Waals surface area contributed by atoms with E-state index in [0.717, 1.165) is 11.1 Å². The van der Waals surface area contributed by atoms with Crippen molar-refractivity contribution in [3.63, 3.8) is 0 Å². The molecule has 1 heterocycles. The van der Waals surface area contributed by atoms with Crippen LogP contribution in [0.2, 0.25) is 0 Å². The number of carbonyl (C=O) groups excluding carboxylic acids is 2. The van der Waals surface area contributed by atoms with E-state index < -0.39 is 32.1 Å². The fourth-order valence-corrected chi connectivity index (χ4v) is 7.70. The number of rotatable bonds is 12. The van der Waals surface area contributed by atoms with Crippen molar-refractivity contribution < 1.29 is 35.9 Å². The van der Waals surface area contributed by atoms with Crippen LogP contribution in [0.15, 0.2) is 58.3 Å². The Hall–Kier alpha value is -2.88. The molecule has 0 aliphatic carbocycles. The van der Waals surface area contributed by atoms with Gasteiger partial charge in [-0.3, -0.25) is 9.59 Å². The van der Waals surface area contributed by atoms with E-state index in [2.05, 4.69) is 9.44 Å². The van der Waals surface area contributed by atoms with Gasteiger partial charge in [-0.25, -0.2) is 16.8 Å². The van der Waals surface area contributed by atoms with Gasteiger partial charge in [-0.1, -0.05) is 63.1 Å². The minimum Gasteiger partial charge on any atom is -0.378 e. The predicted octanol–water partition coefficient (Wildman–Crippen LogP) is 3.09. The van der Waals surface area contributed by atoms with Crippen LogP contribution in [0.25, 0.3) is 0 Å². The van der Waals surface area contributed by atoms with Crippen molar-refractivity contribution in [2.75, 3.05) is 52.6 Å². The molecule has 0 saturated carbocycles. The summed E-state index contributed by atoms with van der Waals surface area (Å²) in [5.74, 6) is -0.635. The van der Waals surface area contributed by atoms with Crippen LogP contribution in [0.5, 0.6) is 0 Å². The van der Waals surface area contributed by atoms with E-state index >= 15 is 0 Å². The molecule has 2 N–H and O–H groups in total. The van der Waals surface area contributed by atoms with Crippen LogP contribution in [-0.2, 0) is 39.1 Å². The fourth-order valence-electron chi connectivity index (χ4n) is 5.30. The molecule has 1 aliphatic heterocycles. The monoisotopic (exact) mass is 708 g/mol. The third-order valence-electron chi connectivity index (χ3n) is 7.91. The zero-order valence-electron chi connectivity index (χ0n) is 29.0. The molecule has 3 rings (SSSR count). The Labute approximate surface area is 286 Å². The van der Waals surface area contributed by atoms with Crippen molar-refractivity contribution >= 4 is 31.9 Å². The Morgan fingerprint density at radius 1 is 0.604 bits per heavy atom. The van der Waals surface area contributed by atoms with Gasteiger partial charge < -0.3 is 19.3 Å². The second kappa shape index (κ2) is 18.2. The Bertz CT molecular complexity index is 1420. The highest BCUT2D eigenvalue weighted by molar-refractivity contribution is 7.89. The quantitative estimate of drug-likeness (QED) is 0.342. The molecule has 0 radical (unpaired) electrons. The highest BCUT2D eigenvalue weighted by atomic mass is 32.2. The average Bonchev–Trinajstić information content (AvgIpc) is 3.00. The molecule has 12 nitrogen and oxygen atoms in total. The summed E-state index contributed by atoms with van der Waals surface area (Å²) in [7, 11) is -7.89. The topological polar surface area (TPSA) is 151 Å². The highest BCUT2D eigenvalue weighted by Crippen LogP contribution is 2.17. The van der Waals surface area contributed by atoms with Crippen molar-refractivity contribution in [1.29, 1.82) is 0 Å². The van der Waals surface area contributed by atoms with Gasteiger partial charge in [-0.2, -0.15) is 9.44 Å².